The van der Waals surface area contributed by atoms with Crippen molar-refractivity contribution in [3.8, 4) is 11.4 Å². The van der Waals surface area contributed by atoms with Gasteiger partial charge in [0.2, 0.25) is 15.0 Å². The smallest absolute Gasteiger partial charge is 0.250 e. The fourth-order valence-corrected chi connectivity index (χ4v) is 4.53. The highest BCUT2D eigenvalue weighted by atomic mass is 32.2. The summed E-state index contributed by atoms with van der Waals surface area (Å²) < 4.78 is 27.1. The molecule has 0 radical (unpaired) electrons. The second kappa shape index (κ2) is 7.92. The molecule has 0 aliphatic rings. The molecule has 0 atom stereocenters. The lowest BCUT2D eigenvalue weighted by molar-refractivity contribution is 0.578. The number of sulfone groups is 1. The van der Waals surface area contributed by atoms with Crippen LogP contribution in [0.25, 0.3) is 11.4 Å². The maximum atomic E-state index is 12.8. The Hall–Kier alpha value is -2.67. The van der Waals surface area contributed by atoms with Gasteiger partial charge in [-0.2, -0.15) is 0 Å². The summed E-state index contributed by atoms with van der Waals surface area (Å²) in [5.41, 5.74) is 2.69. The number of aromatic nitrogens is 3. The molecule has 6 nitrogen and oxygen atoms in total. The summed E-state index contributed by atoms with van der Waals surface area (Å²) in [6.07, 6.45) is 0. The van der Waals surface area contributed by atoms with Gasteiger partial charge in [-0.25, -0.2) is 8.42 Å². The van der Waals surface area contributed by atoms with Crippen molar-refractivity contribution in [2.24, 2.45) is 7.05 Å². The fourth-order valence-electron chi connectivity index (χ4n) is 3.11. The lowest BCUT2D eigenvalue weighted by Crippen LogP contribution is -2.21. The highest BCUT2D eigenvalue weighted by molar-refractivity contribution is 7.90. The van der Waals surface area contributed by atoms with Crippen LogP contribution in [-0.4, -0.2) is 36.3 Å². The third-order valence-electron chi connectivity index (χ3n) is 4.57. The molecule has 0 saturated heterocycles. The van der Waals surface area contributed by atoms with E-state index in [0.717, 1.165) is 29.9 Å². The quantitative estimate of drug-likeness (QED) is 0.625. The average Bonchev–Trinajstić information content (AvgIpc) is 3.06. The number of hydrogen-bond donors (Lipinski definition) is 0. The van der Waals surface area contributed by atoms with Crippen LogP contribution in [0.5, 0.6) is 0 Å². The van der Waals surface area contributed by atoms with Crippen molar-refractivity contribution in [3.05, 3.63) is 60.2 Å². The molecule has 27 heavy (non-hydrogen) atoms. The summed E-state index contributed by atoms with van der Waals surface area (Å²) in [5.74, 6) is 0.438. The predicted octanol–water partition coefficient (Wildman–Crippen LogP) is 3.30. The zero-order chi connectivity index (χ0) is 19.4. The van der Waals surface area contributed by atoms with Crippen molar-refractivity contribution in [3.63, 3.8) is 0 Å². The zero-order valence-electron chi connectivity index (χ0n) is 15.8. The minimum absolute atomic E-state index is 0.0193. The Kier molecular flexibility index (Phi) is 5.60. The normalized spacial score (nSPS) is 11.5. The number of anilines is 1. The van der Waals surface area contributed by atoms with Gasteiger partial charge in [-0.1, -0.05) is 30.3 Å². The Morgan fingerprint density at radius 3 is 2.15 bits per heavy atom. The van der Waals surface area contributed by atoms with Crippen LogP contribution in [0.2, 0.25) is 0 Å². The molecule has 0 aliphatic carbocycles. The molecule has 0 saturated carbocycles. The van der Waals surface area contributed by atoms with E-state index in [1.807, 2.05) is 42.5 Å². The van der Waals surface area contributed by atoms with Crippen molar-refractivity contribution >= 4 is 15.5 Å². The monoisotopic (exact) mass is 384 g/mol. The van der Waals surface area contributed by atoms with Gasteiger partial charge in [0.15, 0.2) is 5.82 Å². The average molecular weight is 385 g/mol. The topological polar surface area (TPSA) is 68.1 Å². The molecule has 0 unspecified atom stereocenters. The van der Waals surface area contributed by atoms with Crippen LogP contribution >= 0.6 is 0 Å². The summed E-state index contributed by atoms with van der Waals surface area (Å²) in [7, 11) is -1.89. The lowest BCUT2D eigenvalue weighted by Gasteiger charge is -2.21. The summed E-state index contributed by atoms with van der Waals surface area (Å²) in [6.45, 7) is 6.09. The molecular weight excluding hydrogens is 360 g/mol. The second-order valence-electron chi connectivity index (χ2n) is 6.33. The Morgan fingerprint density at radius 1 is 0.926 bits per heavy atom. The molecule has 142 valence electrons. The molecular formula is C20H24N4O2S. The van der Waals surface area contributed by atoms with Crippen molar-refractivity contribution in [1.29, 1.82) is 0 Å². The van der Waals surface area contributed by atoms with Crippen LogP contribution in [0.1, 0.15) is 19.4 Å². The summed E-state index contributed by atoms with van der Waals surface area (Å²) in [5, 5.41) is 8.07. The first-order valence-electron chi connectivity index (χ1n) is 8.97. The molecule has 1 heterocycles. The van der Waals surface area contributed by atoms with Crippen molar-refractivity contribution in [2.75, 3.05) is 18.0 Å². The van der Waals surface area contributed by atoms with Crippen LogP contribution in [-0.2, 0) is 22.6 Å². The van der Waals surface area contributed by atoms with Crippen molar-refractivity contribution < 1.29 is 8.42 Å². The first-order chi connectivity index (χ1) is 13.0. The lowest BCUT2D eigenvalue weighted by atomic mass is 10.2. The van der Waals surface area contributed by atoms with Gasteiger partial charge in [-0.3, -0.25) is 0 Å². The maximum Gasteiger partial charge on any atom is 0.250 e. The third-order valence-corrected chi connectivity index (χ3v) is 6.19. The predicted molar refractivity (Wildman–Crippen MR) is 107 cm³/mol. The van der Waals surface area contributed by atoms with Gasteiger partial charge in [0, 0.05) is 31.4 Å². The van der Waals surface area contributed by atoms with E-state index in [4.69, 9.17) is 0 Å². The molecule has 7 heteroatoms. The largest absolute Gasteiger partial charge is 0.372 e. The molecule has 0 bridgehead atoms. The van der Waals surface area contributed by atoms with E-state index < -0.39 is 9.84 Å². The molecule has 2 aromatic carbocycles. The van der Waals surface area contributed by atoms with E-state index in [2.05, 4.69) is 28.9 Å². The molecule has 0 amide bonds. The van der Waals surface area contributed by atoms with Gasteiger partial charge in [-0.05, 0) is 43.7 Å². The van der Waals surface area contributed by atoms with Crippen LogP contribution in [0.4, 0.5) is 5.69 Å². The van der Waals surface area contributed by atoms with Crippen LogP contribution in [0.15, 0.2) is 59.8 Å². The van der Waals surface area contributed by atoms with Gasteiger partial charge in [0.1, 0.15) is 0 Å². The zero-order valence-corrected chi connectivity index (χ0v) is 16.6. The second-order valence-corrected chi connectivity index (χ2v) is 8.21. The Balaban J connectivity index is 1.89. The number of benzene rings is 2. The van der Waals surface area contributed by atoms with E-state index in [1.54, 1.807) is 23.7 Å². The molecule has 0 N–H and O–H groups in total. The number of hydrogen-bond acceptors (Lipinski definition) is 5. The van der Waals surface area contributed by atoms with E-state index >= 15 is 0 Å². The first-order valence-corrected chi connectivity index (χ1v) is 10.6. The molecule has 0 spiro atoms. The van der Waals surface area contributed by atoms with Crippen molar-refractivity contribution in [2.45, 2.75) is 24.8 Å². The fraction of sp³-hybridized carbons (Fsp3) is 0.300. The van der Waals surface area contributed by atoms with Gasteiger partial charge in [-0.15, -0.1) is 10.2 Å². The summed E-state index contributed by atoms with van der Waals surface area (Å²) in [6, 6.07) is 17.0. The number of rotatable bonds is 7. The van der Waals surface area contributed by atoms with E-state index in [9.17, 15) is 8.42 Å². The molecule has 3 aromatic rings. The Morgan fingerprint density at radius 2 is 1.56 bits per heavy atom. The standard InChI is InChI=1S/C20H24N4O2S/c1-4-24(5-2)18-13-11-17(12-14-18)19-21-22-20(23(19)3)27(25,26)15-16-9-7-6-8-10-16/h6-14H,4-5,15H2,1-3H3. The maximum absolute atomic E-state index is 12.8. The van der Waals surface area contributed by atoms with Crippen molar-refractivity contribution in [1.82, 2.24) is 14.8 Å². The first kappa shape index (κ1) is 19.1. The minimum Gasteiger partial charge on any atom is -0.372 e. The van der Waals surface area contributed by atoms with Crippen LogP contribution in [0, 0.1) is 0 Å². The summed E-state index contributed by atoms with van der Waals surface area (Å²) >= 11 is 0. The Bertz CT molecular complexity index is 992. The van der Waals surface area contributed by atoms with Gasteiger partial charge in [0.25, 0.3) is 0 Å². The summed E-state index contributed by atoms with van der Waals surface area (Å²) in [4.78, 5) is 2.25. The van der Waals surface area contributed by atoms with Gasteiger partial charge >= 0.3 is 0 Å². The molecule has 0 fully saturated rings. The molecule has 0 aliphatic heterocycles. The van der Waals surface area contributed by atoms with E-state index in [-0.39, 0.29) is 10.9 Å². The SMILES string of the molecule is CCN(CC)c1ccc(-c2nnc(S(=O)(=O)Cc3ccccc3)n2C)cc1. The Labute approximate surface area is 160 Å². The van der Waals surface area contributed by atoms with Gasteiger partial charge < -0.3 is 9.47 Å². The highest BCUT2D eigenvalue weighted by Crippen LogP contribution is 2.24. The minimum atomic E-state index is -3.58. The van der Waals surface area contributed by atoms with Gasteiger partial charge in [0.05, 0.1) is 5.75 Å². The molecule has 3 rings (SSSR count). The highest BCUT2D eigenvalue weighted by Gasteiger charge is 2.24. The van der Waals surface area contributed by atoms with E-state index in [1.165, 1.54) is 0 Å². The third kappa shape index (κ3) is 4.03. The van der Waals surface area contributed by atoms with E-state index in [0.29, 0.717) is 5.82 Å². The van der Waals surface area contributed by atoms with Crippen LogP contribution in [0.3, 0.4) is 0 Å². The number of nitrogens with zero attached hydrogens (tertiary/aromatic N) is 4. The molecule has 1 aromatic heterocycles. The van der Waals surface area contributed by atoms with Crippen LogP contribution < -0.4 is 4.90 Å².